The van der Waals surface area contributed by atoms with E-state index >= 15 is 0 Å². The molecule has 0 aliphatic heterocycles. The first-order valence-corrected chi connectivity index (χ1v) is 16.3. The van der Waals surface area contributed by atoms with Crippen LogP contribution in [0, 0.1) is 19.3 Å². The Morgan fingerprint density at radius 3 is 1.27 bits per heavy atom. The van der Waals surface area contributed by atoms with E-state index < -0.39 is 22.6 Å². The molecule has 2 N–H and O–H groups in total. The van der Waals surface area contributed by atoms with Crippen LogP contribution in [0.2, 0.25) is 0 Å². The van der Waals surface area contributed by atoms with E-state index in [2.05, 4.69) is 121 Å². The van der Waals surface area contributed by atoms with E-state index in [0.29, 0.717) is 11.5 Å². The Morgan fingerprint density at radius 1 is 0.585 bits per heavy atom. The van der Waals surface area contributed by atoms with Crippen molar-refractivity contribution in [2.75, 3.05) is 13.2 Å². The quantitative estimate of drug-likeness (QED) is 0.262. The van der Waals surface area contributed by atoms with Crippen LogP contribution in [-0.4, -0.2) is 23.0 Å². The van der Waals surface area contributed by atoms with E-state index in [1.54, 1.807) is 0 Å². The predicted octanol–water partition coefficient (Wildman–Crippen LogP) is 9.46. The molecule has 0 saturated carbocycles. The van der Waals surface area contributed by atoms with E-state index in [-0.39, 0.29) is 34.9 Å². The molecule has 0 unspecified atom stereocenters. The summed E-state index contributed by atoms with van der Waals surface area (Å²) in [7, 11) is -4.48. The van der Waals surface area contributed by atoms with Gasteiger partial charge in [-0.05, 0) is 58.8 Å². The Morgan fingerprint density at radius 2 is 0.951 bits per heavy atom. The Bertz CT molecular complexity index is 1070. The summed E-state index contributed by atoms with van der Waals surface area (Å²) >= 11 is 0. The lowest BCUT2D eigenvalue weighted by atomic mass is 9.80. The molecule has 2 aromatic rings. The van der Waals surface area contributed by atoms with Gasteiger partial charge in [0.05, 0.1) is 13.2 Å². The molecule has 0 amide bonds. The molecule has 230 valence electrons. The van der Waals surface area contributed by atoms with Crippen molar-refractivity contribution in [3.63, 3.8) is 0 Å². The van der Waals surface area contributed by atoms with E-state index in [1.165, 1.54) is 11.1 Å². The van der Waals surface area contributed by atoms with Gasteiger partial charge in [0.1, 0.15) is 11.5 Å². The lowest BCUT2D eigenvalue weighted by Gasteiger charge is -2.31. The van der Waals surface area contributed by atoms with Crippen LogP contribution in [-0.2, 0) is 30.7 Å². The molecular formula is C33H52O6P2. The molecule has 2 aromatic carbocycles. The highest BCUT2D eigenvalue weighted by atomic mass is 31.2. The molecular weight excluding hydrogens is 554 g/mol. The Hall–Kier alpha value is -1.26. The van der Waals surface area contributed by atoms with Crippen molar-refractivity contribution in [2.24, 2.45) is 5.41 Å². The summed E-state index contributed by atoms with van der Waals surface area (Å²) in [5, 5.41) is 0. The van der Waals surface area contributed by atoms with Crippen molar-refractivity contribution in [3.8, 4) is 11.5 Å². The lowest BCUT2D eigenvalue weighted by Crippen LogP contribution is -2.25. The minimum Gasteiger partial charge on any atom is -0.417 e. The molecule has 0 fully saturated rings. The van der Waals surface area contributed by atoms with Crippen molar-refractivity contribution >= 4 is 17.2 Å². The van der Waals surface area contributed by atoms with Gasteiger partial charge in [0, 0.05) is 16.5 Å². The zero-order valence-electron chi connectivity index (χ0n) is 27.2. The molecule has 0 saturated heterocycles. The second-order valence-corrected chi connectivity index (χ2v) is 17.0. The molecule has 2 rings (SSSR count). The summed E-state index contributed by atoms with van der Waals surface area (Å²) in [6.45, 7) is 34.1. The third-order valence-corrected chi connectivity index (χ3v) is 8.01. The highest BCUT2D eigenvalue weighted by molar-refractivity contribution is 7.42. The minimum atomic E-state index is -2.52. The first kappa shape index (κ1) is 35.9. The van der Waals surface area contributed by atoms with Gasteiger partial charge >= 0.3 is 17.2 Å². The van der Waals surface area contributed by atoms with E-state index in [1.807, 2.05) is 12.1 Å². The van der Waals surface area contributed by atoms with Gasteiger partial charge in [0.2, 0.25) is 0 Å². The van der Waals surface area contributed by atoms with Crippen LogP contribution in [0.15, 0.2) is 36.4 Å². The Kier molecular flexibility index (Phi) is 11.5. The summed E-state index contributed by atoms with van der Waals surface area (Å²) < 4.78 is 24.3. The maximum Gasteiger partial charge on any atom is 0.463 e. The lowest BCUT2D eigenvalue weighted by molar-refractivity contribution is 0.131. The summed E-state index contributed by atoms with van der Waals surface area (Å²) in [5.41, 5.74) is 3.08. The number of benzene rings is 2. The smallest absolute Gasteiger partial charge is 0.417 e. The zero-order chi connectivity index (χ0) is 31.6. The highest BCUT2D eigenvalue weighted by Gasteiger charge is 2.31. The molecule has 0 atom stereocenters. The van der Waals surface area contributed by atoms with Crippen molar-refractivity contribution < 1.29 is 27.9 Å². The van der Waals surface area contributed by atoms with Crippen LogP contribution >= 0.6 is 17.2 Å². The highest BCUT2D eigenvalue weighted by Crippen LogP contribution is 2.49. The molecule has 8 heteroatoms. The topological polar surface area (TPSA) is 77.4 Å². The molecule has 0 heterocycles. The fourth-order valence-electron chi connectivity index (χ4n) is 3.98. The maximum absolute atomic E-state index is 9.21. The predicted molar refractivity (Wildman–Crippen MR) is 172 cm³/mol. The normalized spacial score (nSPS) is 13.7. The first-order valence-electron chi connectivity index (χ1n) is 14.0. The van der Waals surface area contributed by atoms with Crippen molar-refractivity contribution in [1.82, 2.24) is 0 Å². The number of rotatable bonds is 10. The second-order valence-electron chi connectivity index (χ2n) is 15.1. The third kappa shape index (κ3) is 11.1. The van der Waals surface area contributed by atoms with Crippen LogP contribution in [0.3, 0.4) is 0 Å². The van der Waals surface area contributed by atoms with Gasteiger partial charge in [-0.3, -0.25) is 4.52 Å². The van der Waals surface area contributed by atoms with Crippen molar-refractivity contribution in [1.29, 1.82) is 0 Å². The number of hydrogen-bond acceptors (Lipinski definition) is 6. The van der Waals surface area contributed by atoms with E-state index in [9.17, 15) is 9.79 Å². The molecule has 2 radical (unpaired) electrons. The molecule has 0 aromatic heterocycles. The van der Waals surface area contributed by atoms with Gasteiger partial charge < -0.3 is 23.4 Å². The fraction of sp³-hybridized carbons (Fsp3) is 0.576. The van der Waals surface area contributed by atoms with Gasteiger partial charge in [-0.15, -0.1) is 0 Å². The van der Waals surface area contributed by atoms with E-state index in [0.717, 1.165) is 11.1 Å². The standard InChI is InChI=1S/C33H52O6P2/c1-29(2,3)23-15-17-27(25(19-23)31(7,8)9)38-41(37-22-33(13,14)21-36-40(34)35)39-28-18-16-24(30(4,5)6)20-26(28)32(10,11)12/h15-20,34-35H,13-14,21-22H2,1-12H3. The fourth-order valence-corrected chi connectivity index (χ4v) is 5.53. The van der Waals surface area contributed by atoms with Gasteiger partial charge in [0.15, 0.2) is 0 Å². The molecule has 0 aliphatic carbocycles. The average Bonchev–Trinajstić information content (AvgIpc) is 2.79. The van der Waals surface area contributed by atoms with E-state index in [4.69, 9.17) is 18.1 Å². The monoisotopic (exact) mass is 606 g/mol. The second kappa shape index (κ2) is 13.2. The molecule has 6 nitrogen and oxygen atoms in total. The van der Waals surface area contributed by atoms with Crippen molar-refractivity contribution in [3.05, 3.63) is 72.5 Å². The van der Waals surface area contributed by atoms with Gasteiger partial charge in [-0.1, -0.05) is 107 Å². The summed E-state index contributed by atoms with van der Waals surface area (Å²) in [4.78, 5) is 18.4. The largest absolute Gasteiger partial charge is 0.463 e. The summed E-state index contributed by atoms with van der Waals surface area (Å²) in [6, 6.07) is 12.6. The van der Waals surface area contributed by atoms with Crippen LogP contribution in [0.25, 0.3) is 0 Å². The average molecular weight is 607 g/mol. The van der Waals surface area contributed by atoms with Crippen molar-refractivity contribution in [2.45, 2.75) is 105 Å². The summed E-state index contributed by atoms with van der Waals surface area (Å²) in [5.74, 6) is 1.37. The van der Waals surface area contributed by atoms with Crippen LogP contribution < -0.4 is 9.05 Å². The van der Waals surface area contributed by atoms with Gasteiger partial charge in [-0.2, -0.15) is 0 Å². The molecule has 0 bridgehead atoms. The summed E-state index contributed by atoms with van der Waals surface area (Å²) in [6.07, 6.45) is 0. The SMILES string of the molecule is [CH2]C([CH2])(COP(O)O)COP(Oc1ccc(C(C)(C)C)cc1C(C)(C)C)Oc1ccc(C(C)(C)C)cc1C(C)(C)C. The molecule has 0 spiro atoms. The van der Waals surface area contributed by atoms with Gasteiger partial charge in [-0.25, -0.2) is 0 Å². The molecule has 0 aliphatic rings. The first-order chi connectivity index (χ1) is 18.4. The minimum absolute atomic E-state index is 0.0116. The van der Waals surface area contributed by atoms with Crippen LogP contribution in [0.5, 0.6) is 11.5 Å². The Balaban J connectivity index is 2.56. The van der Waals surface area contributed by atoms with Crippen LogP contribution in [0.4, 0.5) is 0 Å². The zero-order valence-corrected chi connectivity index (χ0v) is 29.0. The van der Waals surface area contributed by atoms with Gasteiger partial charge in [0.25, 0.3) is 0 Å². The molecule has 41 heavy (non-hydrogen) atoms. The maximum atomic E-state index is 9.21. The third-order valence-electron chi connectivity index (χ3n) is 6.62. The number of hydrogen-bond donors (Lipinski definition) is 2. The van der Waals surface area contributed by atoms with Crippen LogP contribution in [0.1, 0.15) is 105 Å². The Labute approximate surface area is 252 Å².